The Morgan fingerprint density at radius 1 is 0.969 bits per heavy atom. The predicted octanol–water partition coefficient (Wildman–Crippen LogP) is 3.55. The van der Waals surface area contributed by atoms with Crippen LogP contribution in [0.4, 0.5) is 23.7 Å². The molecule has 2 amide bonds. The van der Waals surface area contributed by atoms with Gasteiger partial charge in [-0.25, -0.2) is 18.0 Å². The van der Waals surface area contributed by atoms with Crippen molar-refractivity contribution in [3.05, 3.63) is 53.8 Å². The topological polar surface area (TPSA) is 81.8 Å². The van der Waals surface area contributed by atoms with E-state index in [2.05, 4.69) is 10.0 Å². The molecule has 1 aliphatic rings. The smallest absolute Gasteiger partial charge is 0.321 e. The number of benzene rings is 2. The first-order valence-electron chi connectivity index (χ1n) is 10.1. The number of urea groups is 1. The number of carbonyl (C=O) groups excluding carboxylic acids is 1. The van der Waals surface area contributed by atoms with Crippen LogP contribution in [0, 0.1) is 17.5 Å². The van der Waals surface area contributed by atoms with Gasteiger partial charge in [-0.2, -0.15) is 17.4 Å². The van der Waals surface area contributed by atoms with Gasteiger partial charge in [-0.15, -0.1) is 0 Å². The fourth-order valence-corrected chi connectivity index (χ4v) is 4.41. The summed E-state index contributed by atoms with van der Waals surface area (Å²) in [6.45, 7) is 0.607. The summed E-state index contributed by atoms with van der Waals surface area (Å²) >= 11 is 0. The van der Waals surface area contributed by atoms with E-state index in [0.717, 1.165) is 22.5 Å². The van der Waals surface area contributed by atoms with E-state index < -0.39 is 39.3 Å². The molecule has 0 saturated carbocycles. The maximum Gasteiger partial charge on any atom is 0.321 e. The lowest BCUT2D eigenvalue weighted by molar-refractivity contribution is 0.213. The average Bonchev–Trinajstić information content (AvgIpc) is 2.95. The molecule has 174 valence electrons. The van der Waals surface area contributed by atoms with Crippen molar-refractivity contribution >= 4 is 21.9 Å². The highest BCUT2D eigenvalue weighted by molar-refractivity contribution is 7.87. The quantitative estimate of drug-likeness (QED) is 0.701. The van der Waals surface area contributed by atoms with Gasteiger partial charge >= 0.3 is 6.03 Å². The van der Waals surface area contributed by atoms with E-state index in [-0.39, 0.29) is 23.8 Å². The largest absolute Gasteiger partial charge is 0.324 e. The van der Waals surface area contributed by atoms with Crippen molar-refractivity contribution < 1.29 is 26.4 Å². The molecule has 1 atom stereocenters. The standard InChI is InChI=1S/C21H25F3N4O3S/c1-27(2)32(30,31)26-14-6-5-12-28(13-11-14)21(29)25-18-10-4-9-17(24)20(18)19-15(22)7-3-8-16(19)23/h3-4,7-10,14,26H,5-6,11-13H2,1-2H3,(H,25,29)/t14-/m0/s1. The van der Waals surface area contributed by atoms with Gasteiger partial charge in [0.15, 0.2) is 0 Å². The third-order valence-electron chi connectivity index (χ3n) is 5.28. The van der Waals surface area contributed by atoms with E-state index in [1.165, 1.54) is 37.2 Å². The Morgan fingerprint density at radius 2 is 1.56 bits per heavy atom. The second-order valence-electron chi connectivity index (χ2n) is 7.71. The molecule has 2 aromatic rings. The Kier molecular flexibility index (Phi) is 7.42. The van der Waals surface area contributed by atoms with Crippen LogP contribution in [-0.4, -0.2) is 56.9 Å². The molecule has 0 spiro atoms. The molecule has 1 heterocycles. The Labute approximate surface area is 185 Å². The Morgan fingerprint density at radius 3 is 2.19 bits per heavy atom. The van der Waals surface area contributed by atoms with Crippen molar-refractivity contribution in [2.45, 2.75) is 25.3 Å². The minimum absolute atomic E-state index is 0.0619. The third kappa shape index (κ3) is 5.40. The number of likely N-dealkylation sites (tertiary alicyclic amines) is 1. The molecule has 0 radical (unpaired) electrons. The van der Waals surface area contributed by atoms with Crippen LogP contribution in [0.25, 0.3) is 11.1 Å². The van der Waals surface area contributed by atoms with Gasteiger partial charge in [-0.3, -0.25) is 0 Å². The van der Waals surface area contributed by atoms with Crippen molar-refractivity contribution in [1.29, 1.82) is 0 Å². The van der Waals surface area contributed by atoms with Crippen molar-refractivity contribution in [2.75, 3.05) is 32.5 Å². The molecule has 1 fully saturated rings. The van der Waals surface area contributed by atoms with Gasteiger partial charge in [0.2, 0.25) is 0 Å². The lowest BCUT2D eigenvalue weighted by atomic mass is 10.0. The van der Waals surface area contributed by atoms with Crippen LogP contribution in [0.15, 0.2) is 36.4 Å². The monoisotopic (exact) mass is 470 g/mol. The summed E-state index contributed by atoms with van der Waals surface area (Å²) in [6.07, 6.45) is 1.48. The van der Waals surface area contributed by atoms with E-state index in [4.69, 9.17) is 0 Å². The number of halogens is 3. The van der Waals surface area contributed by atoms with Crippen molar-refractivity contribution in [1.82, 2.24) is 13.9 Å². The van der Waals surface area contributed by atoms with Crippen LogP contribution < -0.4 is 10.0 Å². The molecule has 11 heteroatoms. The van der Waals surface area contributed by atoms with Crippen molar-refractivity contribution in [3.63, 3.8) is 0 Å². The minimum atomic E-state index is -3.60. The summed E-state index contributed by atoms with van der Waals surface area (Å²) in [5.74, 6) is -2.77. The van der Waals surface area contributed by atoms with Gasteiger partial charge in [0.05, 0.1) is 11.3 Å². The molecule has 32 heavy (non-hydrogen) atoms. The molecular formula is C21H25F3N4O3S. The predicted molar refractivity (Wildman–Crippen MR) is 116 cm³/mol. The summed E-state index contributed by atoms with van der Waals surface area (Å²) in [5.41, 5.74) is -0.995. The van der Waals surface area contributed by atoms with Gasteiger partial charge in [0, 0.05) is 38.8 Å². The zero-order chi connectivity index (χ0) is 23.5. The fraction of sp³-hybridized carbons (Fsp3) is 0.381. The normalized spacial score (nSPS) is 17.3. The molecule has 7 nitrogen and oxygen atoms in total. The maximum atomic E-state index is 14.6. The second kappa shape index (κ2) is 9.88. The van der Waals surface area contributed by atoms with E-state index in [0.29, 0.717) is 25.8 Å². The Bertz CT molecular complexity index is 1080. The van der Waals surface area contributed by atoms with Gasteiger partial charge in [0.1, 0.15) is 17.5 Å². The molecule has 0 bridgehead atoms. The van der Waals surface area contributed by atoms with E-state index in [9.17, 15) is 26.4 Å². The average molecular weight is 471 g/mol. The van der Waals surface area contributed by atoms with Gasteiger partial charge in [0.25, 0.3) is 10.2 Å². The highest BCUT2D eigenvalue weighted by atomic mass is 32.2. The zero-order valence-electron chi connectivity index (χ0n) is 17.7. The number of nitrogens with one attached hydrogen (secondary N) is 2. The SMILES string of the molecule is CN(C)S(=O)(=O)N[C@H]1CCCN(C(=O)Nc2cccc(F)c2-c2c(F)cccc2F)CC1. The number of amides is 2. The molecule has 2 aromatic carbocycles. The van der Waals surface area contributed by atoms with Crippen LogP contribution in [0.1, 0.15) is 19.3 Å². The third-order valence-corrected chi connectivity index (χ3v) is 6.87. The van der Waals surface area contributed by atoms with Crippen molar-refractivity contribution in [3.8, 4) is 11.1 Å². The summed E-state index contributed by atoms with van der Waals surface area (Å²) < 4.78 is 70.9. The van der Waals surface area contributed by atoms with Crippen LogP contribution in [0.3, 0.4) is 0 Å². The first kappa shape index (κ1) is 24.0. The first-order valence-corrected chi connectivity index (χ1v) is 11.5. The summed E-state index contributed by atoms with van der Waals surface area (Å²) in [4.78, 5) is 14.3. The Balaban J connectivity index is 1.77. The number of hydrogen-bond donors (Lipinski definition) is 2. The molecule has 3 rings (SSSR count). The van der Waals surface area contributed by atoms with Crippen LogP contribution in [0.2, 0.25) is 0 Å². The number of carbonyl (C=O) groups is 1. The highest BCUT2D eigenvalue weighted by Gasteiger charge is 2.26. The summed E-state index contributed by atoms with van der Waals surface area (Å²) in [5, 5.41) is 2.55. The maximum absolute atomic E-state index is 14.6. The zero-order valence-corrected chi connectivity index (χ0v) is 18.6. The van der Waals surface area contributed by atoms with E-state index in [1.807, 2.05) is 0 Å². The molecule has 0 aliphatic carbocycles. The van der Waals surface area contributed by atoms with E-state index in [1.54, 1.807) is 0 Å². The molecule has 0 aromatic heterocycles. The van der Waals surface area contributed by atoms with Crippen molar-refractivity contribution in [2.24, 2.45) is 0 Å². The number of nitrogens with zero attached hydrogens (tertiary/aromatic N) is 2. The molecule has 1 saturated heterocycles. The molecule has 2 N–H and O–H groups in total. The van der Waals surface area contributed by atoms with Gasteiger partial charge < -0.3 is 10.2 Å². The highest BCUT2D eigenvalue weighted by Crippen LogP contribution is 2.34. The summed E-state index contributed by atoms with van der Waals surface area (Å²) in [6, 6.07) is 6.06. The lowest BCUT2D eigenvalue weighted by Gasteiger charge is -2.23. The summed E-state index contributed by atoms with van der Waals surface area (Å²) in [7, 11) is -0.749. The number of anilines is 1. The molecule has 0 unspecified atom stereocenters. The van der Waals surface area contributed by atoms with Crippen LogP contribution in [0.5, 0.6) is 0 Å². The first-order chi connectivity index (χ1) is 15.1. The molecular weight excluding hydrogens is 445 g/mol. The van der Waals surface area contributed by atoms with Gasteiger partial charge in [-0.05, 0) is 43.5 Å². The van der Waals surface area contributed by atoms with Crippen LogP contribution in [-0.2, 0) is 10.2 Å². The number of rotatable bonds is 5. The van der Waals surface area contributed by atoms with Gasteiger partial charge in [-0.1, -0.05) is 12.1 Å². The number of hydrogen-bond acceptors (Lipinski definition) is 3. The van der Waals surface area contributed by atoms with Crippen LogP contribution >= 0.6 is 0 Å². The second-order valence-corrected chi connectivity index (χ2v) is 9.63. The van der Waals surface area contributed by atoms with E-state index >= 15 is 0 Å². The molecule has 1 aliphatic heterocycles. The fourth-order valence-electron chi connectivity index (χ4n) is 3.55. The lowest BCUT2D eigenvalue weighted by Crippen LogP contribution is -2.42. The Hall–Kier alpha value is -2.63. The minimum Gasteiger partial charge on any atom is -0.324 e.